The van der Waals surface area contributed by atoms with Crippen LogP contribution >= 0.6 is 15.9 Å². The average molecular weight is 462 g/mol. The molecule has 0 amide bonds. The minimum atomic E-state index is -3.63. The first-order chi connectivity index (χ1) is 12.6. The highest BCUT2D eigenvalue weighted by Gasteiger charge is 2.25. The summed E-state index contributed by atoms with van der Waals surface area (Å²) in [6.07, 6.45) is 3.97. The van der Waals surface area contributed by atoms with E-state index in [-0.39, 0.29) is 29.4 Å². The first kappa shape index (κ1) is 21.2. The molecule has 2 heterocycles. The van der Waals surface area contributed by atoms with Crippen LogP contribution in [0.15, 0.2) is 21.5 Å². The summed E-state index contributed by atoms with van der Waals surface area (Å²) < 4.78 is 36.7. The molecular formula is C16H20BrN3O6S. The quantitative estimate of drug-likeness (QED) is 0.456. The second-order valence-electron chi connectivity index (χ2n) is 5.76. The largest absolute Gasteiger partial charge is 0.486 e. The van der Waals surface area contributed by atoms with Crippen LogP contribution in [0.1, 0.15) is 30.3 Å². The van der Waals surface area contributed by atoms with E-state index in [1.165, 1.54) is 19.3 Å². The molecule has 0 saturated carbocycles. The summed E-state index contributed by atoms with van der Waals surface area (Å²) in [6.45, 7) is 2.19. The van der Waals surface area contributed by atoms with Crippen molar-refractivity contribution in [2.24, 2.45) is 0 Å². The van der Waals surface area contributed by atoms with E-state index in [0.717, 1.165) is 28.5 Å². The van der Waals surface area contributed by atoms with Crippen LogP contribution in [0.2, 0.25) is 0 Å². The fourth-order valence-corrected chi connectivity index (χ4v) is 3.18. The van der Waals surface area contributed by atoms with E-state index in [1.807, 2.05) is 6.92 Å². The van der Waals surface area contributed by atoms with Crippen LogP contribution in [0.5, 0.6) is 5.75 Å². The highest BCUT2D eigenvalue weighted by molar-refractivity contribution is 9.10. The maximum Gasteiger partial charge on any atom is 0.360 e. The van der Waals surface area contributed by atoms with Gasteiger partial charge in [0.15, 0.2) is 11.3 Å². The van der Waals surface area contributed by atoms with Gasteiger partial charge in [-0.2, -0.15) is 0 Å². The van der Waals surface area contributed by atoms with Gasteiger partial charge in [-0.05, 0) is 28.4 Å². The zero-order valence-electron chi connectivity index (χ0n) is 15.4. The molecule has 0 spiro atoms. The van der Waals surface area contributed by atoms with Crippen molar-refractivity contribution >= 4 is 43.3 Å². The molecule has 0 aliphatic rings. The monoisotopic (exact) mass is 461 g/mol. The highest BCUT2D eigenvalue weighted by atomic mass is 79.9. The fraction of sp³-hybridized carbons (Fsp3) is 0.438. The number of methoxy groups -OCH3 is 1. The summed E-state index contributed by atoms with van der Waals surface area (Å²) in [6, 6.07) is 1.49. The number of ether oxygens (including phenoxy) is 2. The topological polar surface area (TPSA) is 107 Å². The second kappa shape index (κ2) is 8.26. The Morgan fingerprint density at radius 1 is 1.41 bits per heavy atom. The zero-order chi connectivity index (χ0) is 20.4. The Kier molecular flexibility index (Phi) is 6.47. The third kappa shape index (κ3) is 4.41. The molecule has 0 aromatic carbocycles. The van der Waals surface area contributed by atoms with Crippen LogP contribution in [0.3, 0.4) is 0 Å². The van der Waals surface area contributed by atoms with Gasteiger partial charge in [0.25, 0.3) is 0 Å². The normalized spacial score (nSPS) is 11.4. The van der Waals surface area contributed by atoms with Crippen LogP contribution in [0.4, 0.5) is 5.69 Å². The number of pyridine rings is 1. The molecule has 2 rings (SSSR count). The summed E-state index contributed by atoms with van der Waals surface area (Å²) in [5.41, 5.74) is -0.835. The number of hydrogen-bond acceptors (Lipinski definition) is 7. The van der Waals surface area contributed by atoms with E-state index >= 15 is 0 Å². The minimum absolute atomic E-state index is 0.0145. The number of hydrogen-bond donors (Lipinski definition) is 0. The number of sulfonamides is 1. The van der Waals surface area contributed by atoms with E-state index in [2.05, 4.69) is 20.9 Å². The number of esters is 1. The van der Waals surface area contributed by atoms with E-state index in [4.69, 9.17) is 9.47 Å². The Morgan fingerprint density at radius 2 is 2.07 bits per heavy atom. The van der Waals surface area contributed by atoms with Crippen molar-refractivity contribution < 1.29 is 22.7 Å². The standard InChI is InChI=1S/C16H20BrN3O6S/c1-5-6-7-26-13-12(16(22)25-3)18-14-11(19(2)27(4,23)24)8-10(17)9-20(14)15(13)21/h8-9H,5-7H2,1-4H3. The van der Waals surface area contributed by atoms with Crippen molar-refractivity contribution in [1.29, 1.82) is 0 Å². The number of fused-ring (bicyclic) bond motifs is 1. The van der Waals surface area contributed by atoms with Gasteiger partial charge in [0.1, 0.15) is 0 Å². The summed E-state index contributed by atoms with van der Waals surface area (Å²) in [4.78, 5) is 29.3. The molecular weight excluding hydrogens is 442 g/mol. The van der Waals surface area contributed by atoms with Crippen LogP contribution < -0.4 is 14.6 Å². The predicted octanol–water partition coefficient (Wildman–Crippen LogP) is 1.82. The molecule has 2 aromatic rings. The molecule has 11 heteroatoms. The number of carbonyl (C=O) groups excluding carboxylic acids is 1. The molecule has 0 atom stereocenters. The van der Waals surface area contributed by atoms with Crippen LogP contribution in [-0.4, -0.2) is 50.8 Å². The number of halogens is 1. The van der Waals surface area contributed by atoms with Crippen LogP contribution in [0.25, 0.3) is 5.65 Å². The third-order valence-corrected chi connectivity index (χ3v) is 5.42. The van der Waals surface area contributed by atoms with Gasteiger partial charge in [-0.15, -0.1) is 0 Å². The van der Waals surface area contributed by atoms with Gasteiger partial charge in [0.05, 0.1) is 25.7 Å². The highest BCUT2D eigenvalue weighted by Crippen LogP contribution is 2.27. The van der Waals surface area contributed by atoms with Crippen molar-refractivity contribution in [2.75, 3.05) is 31.3 Å². The number of unbranched alkanes of at least 4 members (excludes halogenated alkanes) is 1. The lowest BCUT2D eigenvalue weighted by molar-refractivity contribution is 0.0588. The van der Waals surface area contributed by atoms with Gasteiger partial charge in [0, 0.05) is 17.7 Å². The van der Waals surface area contributed by atoms with Gasteiger partial charge in [-0.1, -0.05) is 13.3 Å². The molecule has 2 aromatic heterocycles. The molecule has 0 unspecified atom stereocenters. The average Bonchev–Trinajstić information content (AvgIpc) is 2.61. The van der Waals surface area contributed by atoms with Crippen molar-refractivity contribution in [1.82, 2.24) is 9.38 Å². The summed E-state index contributed by atoms with van der Waals surface area (Å²) in [5.74, 6) is -1.09. The van der Waals surface area contributed by atoms with Crippen LogP contribution in [-0.2, 0) is 14.8 Å². The minimum Gasteiger partial charge on any atom is -0.486 e. The third-order valence-electron chi connectivity index (χ3n) is 3.79. The zero-order valence-corrected chi connectivity index (χ0v) is 17.8. The van der Waals surface area contributed by atoms with Crippen molar-refractivity contribution in [2.45, 2.75) is 19.8 Å². The molecule has 0 N–H and O–H groups in total. The molecule has 0 radical (unpaired) electrons. The lowest BCUT2D eigenvalue weighted by Crippen LogP contribution is -2.29. The molecule has 0 aliphatic carbocycles. The van der Waals surface area contributed by atoms with E-state index in [1.54, 1.807) is 0 Å². The molecule has 27 heavy (non-hydrogen) atoms. The Labute approximate surface area is 165 Å². The Balaban J connectivity index is 2.85. The first-order valence-electron chi connectivity index (χ1n) is 8.02. The molecule has 0 saturated heterocycles. The molecule has 0 fully saturated rings. The van der Waals surface area contributed by atoms with Gasteiger partial charge < -0.3 is 9.47 Å². The van der Waals surface area contributed by atoms with Gasteiger partial charge in [0.2, 0.25) is 15.8 Å². The number of aromatic nitrogens is 2. The first-order valence-corrected chi connectivity index (χ1v) is 10.7. The lowest BCUT2D eigenvalue weighted by Gasteiger charge is -2.19. The number of anilines is 1. The predicted molar refractivity (Wildman–Crippen MR) is 104 cm³/mol. The molecule has 0 aliphatic heterocycles. The summed E-state index contributed by atoms with van der Waals surface area (Å²) in [7, 11) is -1.15. The maximum absolute atomic E-state index is 12.9. The smallest absolute Gasteiger partial charge is 0.360 e. The maximum atomic E-state index is 12.9. The Hall–Kier alpha value is -2.14. The summed E-state index contributed by atoms with van der Waals surface area (Å²) >= 11 is 3.26. The second-order valence-corrected chi connectivity index (χ2v) is 8.69. The number of carbonyl (C=O) groups is 1. The summed E-state index contributed by atoms with van der Waals surface area (Å²) in [5, 5.41) is 0. The molecule has 148 valence electrons. The number of nitrogens with zero attached hydrogens (tertiary/aromatic N) is 3. The number of rotatable bonds is 7. The van der Waals surface area contributed by atoms with Crippen LogP contribution in [0, 0.1) is 0 Å². The van der Waals surface area contributed by atoms with E-state index < -0.39 is 21.6 Å². The SMILES string of the molecule is CCCCOc1c(C(=O)OC)nc2c(N(C)S(C)(=O)=O)cc(Br)cn2c1=O. The van der Waals surface area contributed by atoms with Gasteiger partial charge in [-0.3, -0.25) is 13.5 Å². The van der Waals surface area contributed by atoms with E-state index in [9.17, 15) is 18.0 Å². The van der Waals surface area contributed by atoms with Crippen molar-refractivity contribution in [3.05, 3.63) is 32.8 Å². The van der Waals surface area contributed by atoms with Crippen molar-refractivity contribution in [3.8, 4) is 5.75 Å². The fourth-order valence-electron chi connectivity index (χ4n) is 2.27. The van der Waals surface area contributed by atoms with Gasteiger partial charge in [-0.25, -0.2) is 18.2 Å². The lowest BCUT2D eigenvalue weighted by atomic mass is 10.3. The Morgan fingerprint density at radius 3 is 2.63 bits per heavy atom. The Bertz CT molecular complexity index is 1030. The molecule has 0 bridgehead atoms. The van der Waals surface area contributed by atoms with Crippen molar-refractivity contribution in [3.63, 3.8) is 0 Å². The van der Waals surface area contributed by atoms with E-state index in [0.29, 0.717) is 10.9 Å². The molecule has 9 nitrogen and oxygen atoms in total. The van der Waals surface area contributed by atoms with Gasteiger partial charge >= 0.3 is 11.5 Å².